The van der Waals surface area contributed by atoms with E-state index < -0.39 is 7.82 Å². The fraction of sp³-hybridized carbons (Fsp3) is 0.667. The zero-order valence-electron chi connectivity index (χ0n) is 9.36. The molecule has 0 aliphatic heterocycles. The van der Waals surface area contributed by atoms with Crippen molar-refractivity contribution in [3.8, 4) is 0 Å². The smallest absolute Gasteiger partial charge is 0.337 e. The van der Waals surface area contributed by atoms with Gasteiger partial charge < -0.3 is 19.2 Å². The van der Waals surface area contributed by atoms with Crippen molar-refractivity contribution in [3.63, 3.8) is 0 Å². The first-order chi connectivity index (χ1) is 7.43. The molecule has 0 atom stereocenters. The summed E-state index contributed by atoms with van der Waals surface area (Å²) in [5, 5.41) is 0. The number of unbranched alkanes of at least 4 members (excludes halogenated alkanes) is 3. The highest BCUT2D eigenvalue weighted by atomic mass is 31.2. The summed E-state index contributed by atoms with van der Waals surface area (Å²) in [6.45, 7) is 3.36. The molecular formula is C9H19N2O4P. The summed E-state index contributed by atoms with van der Waals surface area (Å²) in [5.74, 6) is 0. The normalized spacial score (nSPS) is 10.8. The van der Waals surface area contributed by atoms with Crippen LogP contribution in [0.5, 0.6) is 0 Å². The predicted octanol–water partition coefficient (Wildman–Crippen LogP) is 1.53. The predicted molar refractivity (Wildman–Crippen MR) is 60.6 cm³/mol. The third-order valence-electron chi connectivity index (χ3n) is 1.83. The summed E-state index contributed by atoms with van der Waals surface area (Å²) in [6, 6.07) is 0. The Morgan fingerprint density at radius 1 is 1.25 bits per heavy atom. The topological polar surface area (TPSA) is 95.6 Å². The van der Waals surface area contributed by atoms with E-state index in [1.54, 1.807) is 0 Å². The van der Waals surface area contributed by atoms with Gasteiger partial charge in [-0.15, -0.1) is 0 Å². The molecule has 94 valence electrons. The molecule has 0 amide bonds. The number of nitrogens with zero attached hydrogens (tertiary/aromatic N) is 2. The minimum absolute atomic E-state index is 1.12. The lowest BCUT2D eigenvalue weighted by atomic mass is 10.2. The molecule has 0 fully saturated rings. The van der Waals surface area contributed by atoms with Crippen LogP contribution < -0.4 is 0 Å². The number of hydrogen-bond acceptors (Lipinski definition) is 2. The van der Waals surface area contributed by atoms with E-state index in [9.17, 15) is 0 Å². The van der Waals surface area contributed by atoms with Crippen molar-refractivity contribution in [2.24, 2.45) is 0 Å². The van der Waals surface area contributed by atoms with E-state index in [1.165, 1.54) is 25.7 Å². The quantitative estimate of drug-likeness (QED) is 0.544. The van der Waals surface area contributed by atoms with Gasteiger partial charge in [-0.3, -0.25) is 0 Å². The van der Waals surface area contributed by atoms with Gasteiger partial charge in [0.1, 0.15) is 0 Å². The van der Waals surface area contributed by atoms with E-state index in [1.807, 2.05) is 18.7 Å². The highest BCUT2D eigenvalue weighted by Crippen LogP contribution is 2.25. The second-order valence-corrected chi connectivity index (χ2v) is 4.40. The second kappa shape index (κ2) is 8.47. The fourth-order valence-electron chi connectivity index (χ4n) is 1.14. The van der Waals surface area contributed by atoms with Crippen molar-refractivity contribution in [1.82, 2.24) is 9.55 Å². The SMILES string of the molecule is CCCCCCn1ccnc1.O=P(O)(O)O. The van der Waals surface area contributed by atoms with E-state index >= 15 is 0 Å². The molecule has 0 saturated carbocycles. The molecule has 3 N–H and O–H groups in total. The molecule has 0 aliphatic carbocycles. The zero-order valence-corrected chi connectivity index (χ0v) is 10.3. The van der Waals surface area contributed by atoms with Crippen LogP contribution in [0.15, 0.2) is 18.7 Å². The van der Waals surface area contributed by atoms with E-state index in [0.717, 1.165) is 6.54 Å². The zero-order chi connectivity index (χ0) is 12.4. The maximum atomic E-state index is 8.88. The van der Waals surface area contributed by atoms with Crippen LogP contribution in [0.1, 0.15) is 32.6 Å². The maximum absolute atomic E-state index is 8.88. The standard InChI is InChI=1S/C9H16N2.H3O4P/c1-2-3-4-5-7-11-8-6-10-9-11;1-5(2,3)4/h6,8-9H,2-5,7H2,1H3;(H3,1,2,3,4). The summed E-state index contributed by atoms with van der Waals surface area (Å²) in [6.07, 6.45) is 11.0. The Hall–Kier alpha value is -0.680. The van der Waals surface area contributed by atoms with Gasteiger partial charge in [-0.2, -0.15) is 0 Å². The molecule has 0 aromatic carbocycles. The van der Waals surface area contributed by atoms with Crippen molar-refractivity contribution in [2.45, 2.75) is 39.2 Å². The van der Waals surface area contributed by atoms with Crippen molar-refractivity contribution >= 4 is 7.82 Å². The summed E-state index contributed by atoms with van der Waals surface area (Å²) in [7, 11) is -4.64. The number of hydrogen-bond donors (Lipinski definition) is 3. The van der Waals surface area contributed by atoms with Crippen LogP contribution in [0.2, 0.25) is 0 Å². The van der Waals surface area contributed by atoms with Crippen LogP contribution in [0.25, 0.3) is 0 Å². The Balaban J connectivity index is 0.000000385. The van der Waals surface area contributed by atoms with Gasteiger partial charge in [-0.25, -0.2) is 9.55 Å². The van der Waals surface area contributed by atoms with E-state index in [0.29, 0.717) is 0 Å². The van der Waals surface area contributed by atoms with Crippen LogP contribution in [-0.4, -0.2) is 24.2 Å². The van der Waals surface area contributed by atoms with Gasteiger partial charge >= 0.3 is 7.82 Å². The summed E-state index contributed by atoms with van der Waals surface area (Å²) < 4.78 is 11.0. The van der Waals surface area contributed by atoms with Crippen molar-refractivity contribution in [3.05, 3.63) is 18.7 Å². The second-order valence-electron chi connectivity index (χ2n) is 3.37. The highest BCUT2D eigenvalue weighted by molar-refractivity contribution is 7.45. The van der Waals surface area contributed by atoms with E-state index in [2.05, 4.69) is 16.5 Å². The lowest BCUT2D eigenvalue weighted by molar-refractivity contribution is 0.275. The largest absolute Gasteiger partial charge is 0.466 e. The first-order valence-corrected chi connectivity index (χ1v) is 6.74. The molecule has 1 heterocycles. The molecule has 0 unspecified atom stereocenters. The van der Waals surface area contributed by atoms with Gasteiger partial charge in [0, 0.05) is 18.9 Å². The molecule has 0 aliphatic rings. The van der Waals surface area contributed by atoms with Crippen LogP contribution >= 0.6 is 7.82 Å². The molecule has 1 aromatic heterocycles. The van der Waals surface area contributed by atoms with Gasteiger partial charge in [-0.1, -0.05) is 26.2 Å². The Morgan fingerprint density at radius 3 is 2.31 bits per heavy atom. The number of aromatic nitrogens is 2. The lowest BCUT2D eigenvalue weighted by Gasteiger charge is -1.99. The number of rotatable bonds is 5. The lowest BCUT2D eigenvalue weighted by Crippen LogP contribution is -1.93. The fourth-order valence-corrected chi connectivity index (χ4v) is 1.14. The number of imidazole rings is 1. The van der Waals surface area contributed by atoms with Gasteiger partial charge in [0.2, 0.25) is 0 Å². The molecule has 0 spiro atoms. The van der Waals surface area contributed by atoms with E-state index in [4.69, 9.17) is 19.2 Å². The molecule has 0 radical (unpaired) electrons. The van der Waals surface area contributed by atoms with Crippen LogP contribution in [0, 0.1) is 0 Å². The van der Waals surface area contributed by atoms with Gasteiger partial charge in [0.25, 0.3) is 0 Å². The van der Waals surface area contributed by atoms with Crippen LogP contribution in [0.4, 0.5) is 0 Å². The van der Waals surface area contributed by atoms with Crippen molar-refractivity contribution in [2.75, 3.05) is 0 Å². The Kier molecular flexibility index (Phi) is 8.11. The molecule has 7 heteroatoms. The average Bonchev–Trinajstić information content (AvgIpc) is 2.62. The molecule has 0 bridgehead atoms. The van der Waals surface area contributed by atoms with Crippen LogP contribution in [0.3, 0.4) is 0 Å². The van der Waals surface area contributed by atoms with Gasteiger partial charge in [0.15, 0.2) is 0 Å². The van der Waals surface area contributed by atoms with Crippen LogP contribution in [-0.2, 0) is 11.1 Å². The van der Waals surface area contributed by atoms with Gasteiger partial charge in [0.05, 0.1) is 6.33 Å². The molecule has 0 saturated heterocycles. The Labute approximate surface area is 95.2 Å². The minimum Gasteiger partial charge on any atom is -0.337 e. The summed E-state index contributed by atoms with van der Waals surface area (Å²) >= 11 is 0. The first-order valence-electron chi connectivity index (χ1n) is 5.17. The minimum atomic E-state index is -4.64. The van der Waals surface area contributed by atoms with Gasteiger partial charge in [-0.05, 0) is 6.42 Å². The highest BCUT2D eigenvalue weighted by Gasteiger charge is 2.00. The molecule has 16 heavy (non-hydrogen) atoms. The third-order valence-corrected chi connectivity index (χ3v) is 1.83. The Bertz CT molecular complexity index is 288. The molecule has 6 nitrogen and oxygen atoms in total. The number of phosphoric acid groups is 1. The average molecular weight is 250 g/mol. The Morgan fingerprint density at radius 2 is 1.88 bits per heavy atom. The molecule has 1 aromatic rings. The first kappa shape index (κ1) is 15.3. The number of aryl methyl sites for hydroxylation is 1. The maximum Gasteiger partial charge on any atom is 0.466 e. The monoisotopic (exact) mass is 250 g/mol. The molecule has 1 rings (SSSR count). The van der Waals surface area contributed by atoms with Crippen molar-refractivity contribution in [1.29, 1.82) is 0 Å². The summed E-state index contributed by atoms with van der Waals surface area (Å²) in [4.78, 5) is 25.5. The molecular weight excluding hydrogens is 231 g/mol. The summed E-state index contributed by atoms with van der Waals surface area (Å²) in [5.41, 5.74) is 0. The van der Waals surface area contributed by atoms with Crippen molar-refractivity contribution < 1.29 is 19.2 Å². The van der Waals surface area contributed by atoms with E-state index in [-0.39, 0.29) is 0 Å². The third kappa shape index (κ3) is 13.3.